The lowest BCUT2D eigenvalue weighted by molar-refractivity contribution is -0.121. The van der Waals surface area contributed by atoms with Crippen LogP contribution in [0.25, 0.3) is 0 Å². The van der Waals surface area contributed by atoms with Gasteiger partial charge < -0.3 is 27.0 Å². The monoisotopic (exact) mass is 560 g/mol. The molecule has 1 aromatic carbocycles. The number of nitrogens with zero attached hydrogens (tertiary/aromatic N) is 1. The van der Waals surface area contributed by atoms with Crippen molar-refractivity contribution in [3.8, 4) is 0 Å². The second-order valence-corrected chi connectivity index (χ2v) is 10.4. The minimum Gasteiger partial charge on any atom is -0.402 e. The molecule has 0 atom stereocenters. The van der Waals surface area contributed by atoms with Gasteiger partial charge in [0.25, 0.3) is 10.1 Å². The highest BCUT2D eigenvalue weighted by Crippen LogP contribution is 2.13. The van der Waals surface area contributed by atoms with Gasteiger partial charge in [-0.2, -0.15) is 8.42 Å². The second kappa shape index (κ2) is 17.0. The van der Waals surface area contributed by atoms with E-state index in [1.165, 1.54) is 24.4 Å². The van der Waals surface area contributed by atoms with Gasteiger partial charge in [0.1, 0.15) is 17.4 Å². The predicted molar refractivity (Wildman–Crippen MR) is 152 cm³/mol. The zero-order chi connectivity index (χ0) is 28.5. The molecule has 0 saturated heterocycles. The van der Waals surface area contributed by atoms with Crippen LogP contribution < -0.4 is 27.0 Å². The normalized spacial score (nSPS) is 13.8. The number of hydrogen-bond donors (Lipinski definition) is 6. The van der Waals surface area contributed by atoms with Crippen molar-refractivity contribution in [1.82, 2.24) is 21.3 Å². The van der Waals surface area contributed by atoms with Crippen molar-refractivity contribution in [2.24, 2.45) is 10.7 Å². The van der Waals surface area contributed by atoms with Crippen LogP contribution in [0.4, 0.5) is 0 Å². The van der Waals surface area contributed by atoms with Gasteiger partial charge in [0.05, 0.1) is 0 Å². The van der Waals surface area contributed by atoms with Crippen molar-refractivity contribution >= 4 is 28.1 Å². The Morgan fingerprint density at radius 3 is 2.59 bits per heavy atom. The van der Waals surface area contributed by atoms with Gasteiger partial charge in [0.15, 0.2) is 0 Å². The first-order chi connectivity index (χ1) is 18.7. The molecule has 0 saturated carbocycles. The molecule has 214 valence electrons. The van der Waals surface area contributed by atoms with Gasteiger partial charge in [0, 0.05) is 49.1 Å². The summed E-state index contributed by atoms with van der Waals surface area (Å²) in [5, 5.41) is 11.7. The number of allylic oxidation sites excluding steroid dienone is 4. The van der Waals surface area contributed by atoms with E-state index in [4.69, 9.17) is 5.73 Å². The maximum atomic E-state index is 12.4. The van der Waals surface area contributed by atoms with Crippen LogP contribution in [0.2, 0.25) is 0 Å². The topological polar surface area (TPSA) is 175 Å². The standard InChI is InChI=1S/C27H40N6O5S/c1-2-9-23(28)11-5-3-4-6-13-26(34)30-16-17-31-27(35)22-14-15-25(32-19-22)33-20-29-18-21-10-7-8-12-24(21)39(36,37)38/h7-8,10-12,14-15,18,32-33H,2-6,9,13,16-17,19-20,28H2,1H3,(H,30,34)(H,31,35)(H,36,37,38)/b23-11-,29-18+. The van der Waals surface area contributed by atoms with E-state index in [2.05, 4.69) is 39.3 Å². The van der Waals surface area contributed by atoms with E-state index >= 15 is 0 Å². The fourth-order valence-corrected chi connectivity index (χ4v) is 4.40. The Kier molecular flexibility index (Phi) is 13.8. The molecule has 0 bridgehead atoms. The molecule has 7 N–H and O–H groups in total. The average Bonchev–Trinajstić information content (AvgIpc) is 2.91. The molecule has 1 aliphatic heterocycles. The van der Waals surface area contributed by atoms with Crippen molar-refractivity contribution in [1.29, 1.82) is 0 Å². The number of hydrogen-bond acceptors (Lipinski definition) is 8. The van der Waals surface area contributed by atoms with Crippen LogP contribution in [-0.4, -0.2) is 57.3 Å². The summed E-state index contributed by atoms with van der Waals surface area (Å²) < 4.78 is 32.1. The Balaban J connectivity index is 1.62. The lowest BCUT2D eigenvalue weighted by Gasteiger charge is -2.17. The molecule has 0 unspecified atom stereocenters. The molecule has 11 nitrogen and oxygen atoms in total. The SMILES string of the molecule is CCC/C(N)=C/CCCCCC(=O)NCCNC(=O)C1=CC=C(NC/N=C/c2ccccc2S(=O)(=O)O)NC1. The number of benzene rings is 1. The van der Waals surface area contributed by atoms with E-state index in [9.17, 15) is 22.6 Å². The molecule has 1 aliphatic rings. The summed E-state index contributed by atoms with van der Waals surface area (Å²) in [6.45, 7) is 3.26. The van der Waals surface area contributed by atoms with Crippen molar-refractivity contribution in [3.63, 3.8) is 0 Å². The molecule has 1 heterocycles. The summed E-state index contributed by atoms with van der Waals surface area (Å²) in [4.78, 5) is 28.2. The van der Waals surface area contributed by atoms with Gasteiger partial charge >= 0.3 is 0 Å². The first-order valence-corrected chi connectivity index (χ1v) is 14.6. The Labute approximate surface area is 230 Å². The third kappa shape index (κ3) is 12.6. The maximum absolute atomic E-state index is 12.4. The smallest absolute Gasteiger partial charge is 0.295 e. The van der Waals surface area contributed by atoms with Crippen molar-refractivity contribution in [3.05, 3.63) is 65.1 Å². The first kappa shape index (κ1) is 31.6. The quantitative estimate of drug-likeness (QED) is 0.0954. The van der Waals surface area contributed by atoms with E-state index in [1.54, 1.807) is 18.2 Å². The van der Waals surface area contributed by atoms with Gasteiger partial charge in [-0.25, -0.2) is 0 Å². The van der Waals surface area contributed by atoms with E-state index in [0.29, 0.717) is 37.4 Å². The number of carbonyl (C=O) groups is 2. The third-order valence-corrected chi connectivity index (χ3v) is 6.71. The number of nitrogens with two attached hydrogens (primary N) is 1. The van der Waals surface area contributed by atoms with Crippen LogP contribution in [0.3, 0.4) is 0 Å². The number of amides is 2. The summed E-state index contributed by atoms with van der Waals surface area (Å²) in [5.41, 5.74) is 7.64. The van der Waals surface area contributed by atoms with Crippen LogP contribution >= 0.6 is 0 Å². The number of nitrogens with one attached hydrogen (secondary N) is 4. The molecule has 2 rings (SSSR count). The highest BCUT2D eigenvalue weighted by molar-refractivity contribution is 7.86. The molecule has 0 spiro atoms. The zero-order valence-corrected chi connectivity index (χ0v) is 23.2. The molecule has 0 aromatic heterocycles. The molecule has 1 aromatic rings. The second-order valence-electron chi connectivity index (χ2n) is 9.02. The average molecular weight is 561 g/mol. The summed E-state index contributed by atoms with van der Waals surface area (Å²) in [7, 11) is -4.34. The lowest BCUT2D eigenvalue weighted by atomic mass is 10.1. The first-order valence-electron chi connectivity index (χ1n) is 13.1. The van der Waals surface area contributed by atoms with Crippen LogP contribution in [0.1, 0.15) is 57.4 Å². The third-order valence-electron chi connectivity index (χ3n) is 5.79. The highest BCUT2D eigenvalue weighted by atomic mass is 32.2. The molecular formula is C27H40N6O5S. The molecule has 0 radical (unpaired) electrons. The summed E-state index contributed by atoms with van der Waals surface area (Å²) >= 11 is 0. The Bertz CT molecular complexity index is 1190. The molecule has 0 fully saturated rings. The van der Waals surface area contributed by atoms with Crippen molar-refractivity contribution in [2.75, 3.05) is 26.3 Å². The van der Waals surface area contributed by atoms with Crippen LogP contribution in [-0.2, 0) is 19.7 Å². The number of dihydropyridines is 1. The predicted octanol–water partition coefficient (Wildman–Crippen LogP) is 2.10. The number of unbranched alkanes of at least 4 members (excludes halogenated alkanes) is 3. The number of aliphatic imine (C=N–C) groups is 1. The van der Waals surface area contributed by atoms with Crippen LogP contribution in [0, 0.1) is 0 Å². The molecular weight excluding hydrogens is 520 g/mol. The lowest BCUT2D eigenvalue weighted by Crippen LogP contribution is -2.38. The van der Waals surface area contributed by atoms with Crippen LogP contribution in [0.15, 0.2) is 69.5 Å². The highest BCUT2D eigenvalue weighted by Gasteiger charge is 2.14. The fourth-order valence-electron chi connectivity index (χ4n) is 3.73. The summed E-state index contributed by atoms with van der Waals surface area (Å²) in [6.07, 6.45) is 13.0. The van der Waals surface area contributed by atoms with Gasteiger partial charge in [-0.3, -0.25) is 19.1 Å². The van der Waals surface area contributed by atoms with Crippen molar-refractivity contribution in [2.45, 2.75) is 56.8 Å². The summed E-state index contributed by atoms with van der Waals surface area (Å²) in [6, 6.07) is 6.00. The Morgan fingerprint density at radius 2 is 1.87 bits per heavy atom. The molecule has 12 heteroatoms. The zero-order valence-electron chi connectivity index (χ0n) is 22.4. The van der Waals surface area contributed by atoms with Crippen molar-refractivity contribution < 1.29 is 22.6 Å². The van der Waals surface area contributed by atoms with E-state index in [0.717, 1.165) is 44.2 Å². The van der Waals surface area contributed by atoms with Crippen LogP contribution in [0.5, 0.6) is 0 Å². The van der Waals surface area contributed by atoms with Gasteiger partial charge in [-0.15, -0.1) is 0 Å². The largest absolute Gasteiger partial charge is 0.402 e. The fraction of sp³-hybridized carbons (Fsp3) is 0.444. The van der Waals surface area contributed by atoms with Gasteiger partial charge in [0.2, 0.25) is 11.8 Å². The summed E-state index contributed by atoms with van der Waals surface area (Å²) in [5.74, 6) is 0.411. The number of carbonyl (C=O) groups excluding carboxylic acids is 2. The minimum absolute atomic E-state index is 0.0216. The number of rotatable bonds is 17. The Morgan fingerprint density at radius 1 is 1.10 bits per heavy atom. The van der Waals surface area contributed by atoms with E-state index in [1.807, 2.05) is 0 Å². The van der Waals surface area contributed by atoms with E-state index < -0.39 is 10.1 Å². The molecule has 0 aliphatic carbocycles. The molecule has 2 amide bonds. The van der Waals surface area contributed by atoms with E-state index in [-0.39, 0.29) is 28.9 Å². The minimum atomic E-state index is -4.34. The van der Waals surface area contributed by atoms with Gasteiger partial charge in [-0.05, 0) is 43.9 Å². The Hall–Kier alpha value is -3.64. The molecule has 39 heavy (non-hydrogen) atoms. The van der Waals surface area contributed by atoms with Gasteiger partial charge in [-0.1, -0.05) is 44.0 Å². The maximum Gasteiger partial charge on any atom is 0.295 e.